The molecule has 0 saturated heterocycles. The maximum atomic E-state index is 11.1. The first-order valence-corrected chi connectivity index (χ1v) is 10.00. The molecular formula is C25H29NO2. The van der Waals surface area contributed by atoms with E-state index in [-0.39, 0.29) is 0 Å². The molecule has 0 spiro atoms. The van der Waals surface area contributed by atoms with Gasteiger partial charge in [0.1, 0.15) is 18.5 Å². The van der Waals surface area contributed by atoms with Crippen molar-refractivity contribution in [3.63, 3.8) is 0 Å². The van der Waals surface area contributed by atoms with Crippen molar-refractivity contribution in [3.05, 3.63) is 94.3 Å². The minimum absolute atomic E-state index is 0.458. The molecule has 0 aliphatic rings. The summed E-state index contributed by atoms with van der Waals surface area (Å²) in [5.41, 5.74) is 5.67. The average molecular weight is 376 g/mol. The fourth-order valence-corrected chi connectivity index (χ4v) is 3.40. The van der Waals surface area contributed by atoms with Crippen molar-refractivity contribution in [1.82, 2.24) is 4.98 Å². The molecule has 3 rings (SSSR count). The molecule has 146 valence electrons. The van der Waals surface area contributed by atoms with E-state index in [0.29, 0.717) is 12.4 Å². The lowest BCUT2D eigenvalue weighted by molar-refractivity contribution is 0.207. The van der Waals surface area contributed by atoms with Crippen LogP contribution >= 0.6 is 0 Å². The summed E-state index contributed by atoms with van der Waals surface area (Å²) in [4.78, 5) is 4.55. The Labute approximate surface area is 168 Å². The summed E-state index contributed by atoms with van der Waals surface area (Å²) in [6, 6.07) is 20.2. The van der Waals surface area contributed by atoms with Crippen LogP contribution in [-0.2, 0) is 13.0 Å². The maximum absolute atomic E-state index is 11.1. The molecule has 1 aromatic heterocycles. The molecule has 1 N–H and O–H groups in total. The van der Waals surface area contributed by atoms with Crippen LogP contribution in [0.1, 0.15) is 59.5 Å². The Morgan fingerprint density at radius 1 is 0.964 bits per heavy atom. The molecule has 2 aromatic carbocycles. The van der Waals surface area contributed by atoms with Gasteiger partial charge >= 0.3 is 0 Å². The van der Waals surface area contributed by atoms with Gasteiger partial charge in [0.25, 0.3) is 0 Å². The highest BCUT2D eigenvalue weighted by molar-refractivity contribution is 5.44. The molecule has 0 amide bonds. The van der Waals surface area contributed by atoms with Gasteiger partial charge in [-0.05, 0) is 43.4 Å². The van der Waals surface area contributed by atoms with Crippen LogP contribution in [0.3, 0.4) is 0 Å². The van der Waals surface area contributed by atoms with Gasteiger partial charge in [0.15, 0.2) is 0 Å². The van der Waals surface area contributed by atoms with E-state index in [2.05, 4.69) is 24.0 Å². The van der Waals surface area contributed by atoms with Crippen molar-refractivity contribution in [3.8, 4) is 5.75 Å². The van der Waals surface area contributed by atoms with Gasteiger partial charge in [0.05, 0.1) is 0 Å². The Hall–Kier alpha value is -2.65. The van der Waals surface area contributed by atoms with Crippen LogP contribution in [0.2, 0.25) is 0 Å². The highest BCUT2D eigenvalue weighted by atomic mass is 16.5. The van der Waals surface area contributed by atoms with E-state index < -0.39 is 6.10 Å². The predicted octanol–water partition coefficient (Wildman–Crippen LogP) is 5.70. The SMILES string of the molecule is CCCCc1ccc(C(O)c2c(OCc3ccccc3)cc(C)nc2C)cc1. The fourth-order valence-electron chi connectivity index (χ4n) is 3.40. The number of aliphatic hydroxyl groups is 1. The van der Waals surface area contributed by atoms with Crippen LogP contribution in [0.5, 0.6) is 5.75 Å². The Morgan fingerprint density at radius 3 is 2.36 bits per heavy atom. The highest BCUT2D eigenvalue weighted by Gasteiger charge is 2.20. The van der Waals surface area contributed by atoms with E-state index in [1.54, 1.807) is 0 Å². The number of aliphatic hydroxyl groups excluding tert-OH is 1. The standard InChI is InChI=1S/C25H29NO2/c1-4-5-9-20-12-14-22(15-13-20)25(27)24-19(3)26-18(2)16-23(24)28-17-21-10-7-6-8-11-21/h6-8,10-16,25,27H,4-5,9,17H2,1-3H3. The van der Waals surface area contributed by atoms with Crippen molar-refractivity contribution in [2.24, 2.45) is 0 Å². The van der Waals surface area contributed by atoms with E-state index in [9.17, 15) is 5.11 Å². The van der Waals surface area contributed by atoms with Crippen LogP contribution < -0.4 is 4.74 Å². The first-order valence-electron chi connectivity index (χ1n) is 10.00. The third-order valence-corrected chi connectivity index (χ3v) is 4.96. The van der Waals surface area contributed by atoms with Crippen LogP contribution in [-0.4, -0.2) is 10.1 Å². The number of aryl methyl sites for hydroxylation is 3. The Kier molecular flexibility index (Phi) is 6.83. The number of pyridine rings is 1. The van der Waals surface area contributed by atoms with E-state index in [4.69, 9.17) is 4.74 Å². The second kappa shape index (κ2) is 9.52. The quantitative estimate of drug-likeness (QED) is 0.549. The summed E-state index contributed by atoms with van der Waals surface area (Å²) >= 11 is 0. The molecule has 3 heteroatoms. The van der Waals surface area contributed by atoms with Crippen LogP contribution in [0.25, 0.3) is 0 Å². The molecule has 1 heterocycles. The molecule has 0 fully saturated rings. The number of hydrogen-bond donors (Lipinski definition) is 1. The minimum atomic E-state index is -0.765. The van der Waals surface area contributed by atoms with Crippen molar-refractivity contribution in [1.29, 1.82) is 0 Å². The first kappa shape index (κ1) is 20.1. The largest absolute Gasteiger partial charge is 0.488 e. The van der Waals surface area contributed by atoms with Crippen LogP contribution in [0, 0.1) is 13.8 Å². The van der Waals surface area contributed by atoms with Crippen molar-refractivity contribution in [2.45, 2.75) is 52.7 Å². The molecule has 28 heavy (non-hydrogen) atoms. The second-order valence-corrected chi connectivity index (χ2v) is 7.28. The zero-order valence-corrected chi connectivity index (χ0v) is 17.0. The summed E-state index contributed by atoms with van der Waals surface area (Å²) < 4.78 is 6.10. The molecule has 0 aliphatic carbocycles. The number of aromatic nitrogens is 1. The van der Waals surface area contributed by atoms with Crippen molar-refractivity contribution < 1.29 is 9.84 Å². The third kappa shape index (κ3) is 4.99. The Bertz CT molecular complexity index is 888. The van der Waals surface area contributed by atoms with E-state index in [1.165, 1.54) is 18.4 Å². The lowest BCUT2D eigenvalue weighted by Crippen LogP contribution is -2.09. The zero-order chi connectivity index (χ0) is 19.9. The van der Waals surface area contributed by atoms with Crippen LogP contribution in [0.4, 0.5) is 0 Å². The van der Waals surface area contributed by atoms with Crippen molar-refractivity contribution >= 4 is 0 Å². The molecule has 1 unspecified atom stereocenters. The Morgan fingerprint density at radius 2 is 1.68 bits per heavy atom. The average Bonchev–Trinajstić information content (AvgIpc) is 2.71. The van der Waals surface area contributed by atoms with Gasteiger partial charge in [-0.15, -0.1) is 0 Å². The summed E-state index contributed by atoms with van der Waals surface area (Å²) in [6.07, 6.45) is 2.67. The van der Waals surface area contributed by atoms with Crippen molar-refractivity contribution in [2.75, 3.05) is 0 Å². The predicted molar refractivity (Wildman–Crippen MR) is 114 cm³/mol. The molecule has 0 radical (unpaired) electrons. The first-order chi connectivity index (χ1) is 13.6. The second-order valence-electron chi connectivity index (χ2n) is 7.28. The van der Waals surface area contributed by atoms with Gasteiger partial charge < -0.3 is 9.84 Å². The van der Waals surface area contributed by atoms with E-state index >= 15 is 0 Å². The molecule has 1 atom stereocenters. The third-order valence-electron chi connectivity index (χ3n) is 4.96. The molecule has 0 aliphatic heterocycles. The number of nitrogens with zero attached hydrogens (tertiary/aromatic N) is 1. The summed E-state index contributed by atoms with van der Waals surface area (Å²) in [5, 5.41) is 11.1. The number of rotatable bonds is 8. The molecule has 0 bridgehead atoms. The molecule has 3 aromatic rings. The number of benzene rings is 2. The van der Waals surface area contributed by atoms with Gasteiger partial charge in [-0.3, -0.25) is 4.98 Å². The molecule has 0 saturated carbocycles. The van der Waals surface area contributed by atoms with Gasteiger partial charge in [-0.2, -0.15) is 0 Å². The Balaban J connectivity index is 1.85. The number of unbranched alkanes of at least 4 members (excludes halogenated alkanes) is 1. The van der Waals surface area contributed by atoms with Gasteiger partial charge in [-0.1, -0.05) is 67.9 Å². The summed E-state index contributed by atoms with van der Waals surface area (Å²) in [5.74, 6) is 0.691. The van der Waals surface area contributed by atoms with E-state index in [1.807, 2.05) is 62.4 Å². The smallest absolute Gasteiger partial charge is 0.129 e. The normalized spacial score (nSPS) is 12.0. The van der Waals surface area contributed by atoms with Gasteiger partial charge in [0, 0.05) is 23.0 Å². The van der Waals surface area contributed by atoms with Gasteiger partial charge in [0.2, 0.25) is 0 Å². The maximum Gasteiger partial charge on any atom is 0.129 e. The zero-order valence-electron chi connectivity index (χ0n) is 17.0. The van der Waals surface area contributed by atoms with Crippen LogP contribution in [0.15, 0.2) is 60.7 Å². The topological polar surface area (TPSA) is 42.4 Å². The number of hydrogen-bond acceptors (Lipinski definition) is 3. The molecular weight excluding hydrogens is 346 g/mol. The summed E-state index contributed by atoms with van der Waals surface area (Å²) in [7, 11) is 0. The number of ether oxygens (including phenoxy) is 1. The molecule has 3 nitrogen and oxygen atoms in total. The lowest BCUT2D eigenvalue weighted by atomic mass is 9.97. The highest BCUT2D eigenvalue weighted by Crippen LogP contribution is 2.33. The van der Waals surface area contributed by atoms with E-state index in [0.717, 1.165) is 34.5 Å². The summed E-state index contributed by atoms with van der Waals surface area (Å²) in [6.45, 7) is 6.53. The van der Waals surface area contributed by atoms with Gasteiger partial charge in [-0.25, -0.2) is 0 Å². The lowest BCUT2D eigenvalue weighted by Gasteiger charge is -2.19. The minimum Gasteiger partial charge on any atom is -0.488 e. The monoisotopic (exact) mass is 375 g/mol. The fraction of sp³-hybridized carbons (Fsp3) is 0.320.